The van der Waals surface area contributed by atoms with Crippen molar-refractivity contribution in [2.75, 3.05) is 0 Å². The normalized spacial score (nSPS) is 50.5. The predicted molar refractivity (Wildman–Crippen MR) is 55.4 cm³/mol. The molecule has 3 fully saturated rings. The van der Waals surface area contributed by atoms with Gasteiger partial charge in [-0.25, -0.2) is 0 Å². The van der Waals surface area contributed by atoms with Gasteiger partial charge in [0.1, 0.15) is 0 Å². The van der Waals surface area contributed by atoms with Gasteiger partial charge in [0.15, 0.2) is 0 Å². The molecule has 0 amide bonds. The second-order valence-electron chi connectivity index (χ2n) is 5.89. The highest BCUT2D eigenvalue weighted by Gasteiger charge is 2.42. The van der Waals surface area contributed by atoms with Crippen LogP contribution in [0.15, 0.2) is 0 Å². The Bertz CT molecular complexity index is 184. The predicted octanol–water partition coefficient (Wildman–Crippen LogP) is 3.86. The minimum absolute atomic E-state index is 1.09. The summed E-state index contributed by atoms with van der Waals surface area (Å²) in [6, 6.07) is 0. The highest BCUT2D eigenvalue weighted by Crippen LogP contribution is 2.52. The summed E-state index contributed by atoms with van der Waals surface area (Å²) in [5, 5.41) is 0. The van der Waals surface area contributed by atoms with E-state index in [4.69, 9.17) is 0 Å². The van der Waals surface area contributed by atoms with Crippen LogP contribution < -0.4 is 0 Å². The van der Waals surface area contributed by atoms with E-state index in [-0.39, 0.29) is 0 Å². The molecule has 3 aliphatic carbocycles. The third-order valence-corrected chi connectivity index (χ3v) is 4.88. The SMILES string of the molecule is CC1CC1C1CCC(C2CC2)CC1. The zero-order chi connectivity index (χ0) is 8.84. The Morgan fingerprint density at radius 1 is 0.692 bits per heavy atom. The molecule has 0 heteroatoms. The molecular formula is C13H22. The fourth-order valence-corrected chi connectivity index (χ4v) is 3.62. The molecule has 0 aromatic carbocycles. The largest absolute Gasteiger partial charge is 0.0622 e. The minimum Gasteiger partial charge on any atom is -0.0622 e. The molecule has 0 aliphatic heterocycles. The molecule has 3 saturated carbocycles. The molecule has 0 spiro atoms. The summed E-state index contributed by atoms with van der Waals surface area (Å²) in [4.78, 5) is 0. The van der Waals surface area contributed by atoms with E-state index < -0.39 is 0 Å². The monoisotopic (exact) mass is 178 g/mol. The van der Waals surface area contributed by atoms with Gasteiger partial charge in [-0.05, 0) is 74.5 Å². The van der Waals surface area contributed by atoms with E-state index in [9.17, 15) is 0 Å². The lowest BCUT2D eigenvalue weighted by Gasteiger charge is -2.28. The molecule has 74 valence electrons. The first-order valence-electron chi connectivity index (χ1n) is 6.34. The van der Waals surface area contributed by atoms with Gasteiger partial charge in [-0.15, -0.1) is 0 Å². The smallest absolute Gasteiger partial charge is 0.0357 e. The first-order valence-corrected chi connectivity index (χ1v) is 6.34. The van der Waals surface area contributed by atoms with Crippen LogP contribution in [0.5, 0.6) is 0 Å². The standard InChI is InChI=1S/C13H22/c1-9-8-13(9)12-6-4-11(5-7-12)10-2-3-10/h9-13H,2-8H2,1H3. The topological polar surface area (TPSA) is 0 Å². The van der Waals surface area contributed by atoms with E-state index in [2.05, 4.69) is 6.92 Å². The molecule has 0 N–H and O–H groups in total. The molecule has 2 atom stereocenters. The van der Waals surface area contributed by atoms with Gasteiger partial charge >= 0.3 is 0 Å². The van der Waals surface area contributed by atoms with E-state index in [1.165, 1.54) is 5.92 Å². The lowest BCUT2D eigenvalue weighted by Crippen LogP contribution is -2.17. The fourth-order valence-electron chi connectivity index (χ4n) is 3.62. The summed E-state index contributed by atoms with van der Waals surface area (Å²) in [6.07, 6.45) is 11.0. The maximum absolute atomic E-state index is 2.44. The lowest BCUT2D eigenvalue weighted by atomic mass is 9.77. The quantitative estimate of drug-likeness (QED) is 0.602. The van der Waals surface area contributed by atoms with Crippen molar-refractivity contribution in [3.8, 4) is 0 Å². The average molecular weight is 178 g/mol. The third kappa shape index (κ3) is 1.65. The maximum atomic E-state index is 2.44. The Hall–Kier alpha value is 0. The van der Waals surface area contributed by atoms with Gasteiger partial charge in [-0.2, -0.15) is 0 Å². The van der Waals surface area contributed by atoms with Gasteiger partial charge in [0.2, 0.25) is 0 Å². The summed E-state index contributed by atoms with van der Waals surface area (Å²) in [5.74, 6) is 5.72. The number of rotatable bonds is 2. The van der Waals surface area contributed by atoms with E-state index in [0.29, 0.717) is 0 Å². The highest BCUT2D eigenvalue weighted by molar-refractivity contribution is 4.92. The molecule has 0 heterocycles. The molecule has 0 nitrogen and oxygen atoms in total. The molecule has 0 aromatic heterocycles. The van der Waals surface area contributed by atoms with E-state index in [0.717, 1.165) is 23.7 Å². The van der Waals surface area contributed by atoms with Crippen LogP contribution in [0.25, 0.3) is 0 Å². The van der Waals surface area contributed by atoms with Gasteiger partial charge in [0.25, 0.3) is 0 Å². The maximum Gasteiger partial charge on any atom is -0.0357 e. The van der Waals surface area contributed by atoms with Crippen molar-refractivity contribution in [3.05, 3.63) is 0 Å². The Kier molecular flexibility index (Phi) is 1.92. The highest BCUT2D eigenvalue weighted by atomic mass is 14.5. The number of hydrogen-bond donors (Lipinski definition) is 0. The first-order chi connectivity index (χ1) is 6.34. The Morgan fingerprint density at radius 3 is 1.46 bits per heavy atom. The lowest BCUT2D eigenvalue weighted by molar-refractivity contribution is 0.228. The van der Waals surface area contributed by atoms with Gasteiger partial charge in [0.05, 0.1) is 0 Å². The Morgan fingerprint density at radius 2 is 1.08 bits per heavy atom. The molecule has 13 heavy (non-hydrogen) atoms. The second-order valence-corrected chi connectivity index (χ2v) is 5.89. The molecule has 0 radical (unpaired) electrons. The summed E-state index contributed by atoms with van der Waals surface area (Å²) in [6.45, 7) is 2.44. The minimum atomic E-state index is 1.09. The van der Waals surface area contributed by atoms with E-state index >= 15 is 0 Å². The first kappa shape index (κ1) is 8.32. The zero-order valence-electron chi connectivity index (χ0n) is 8.84. The summed E-state index contributed by atoms with van der Waals surface area (Å²) in [5.41, 5.74) is 0. The van der Waals surface area contributed by atoms with Crippen molar-refractivity contribution in [3.63, 3.8) is 0 Å². The molecule has 0 saturated heterocycles. The Labute approximate surface area is 82.1 Å². The van der Waals surface area contributed by atoms with E-state index in [1.54, 1.807) is 44.9 Å². The summed E-state index contributed by atoms with van der Waals surface area (Å²) in [7, 11) is 0. The van der Waals surface area contributed by atoms with Crippen molar-refractivity contribution in [2.45, 2.75) is 51.9 Å². The third-order valence-electron chi connectivity index (χ3n) is 4.88. The van der Waals surface area contributed by atoms with Gasteiger partial charge in [0, 0.05) is 0 Å². The van der Waals surface area contributed by atoms with Crippen molar-refractivity contribution >= 4 is 0 Å². The van der Waals surface area contributed by atoms with Crippen LogP contribution in [0.3, 0.4) is 0 Å². The molecule has 0 aromatic rings. The fraction of sp³-hybridized carbons (Fsp3) is 1.00. The molecule has 0 bridgehead atoms. The van der Waals surface area contributed by atoms with E-state index in [1.807, 2.05) is 0 Å². The van der Waals surface area contributed by atoms with Crippen LogP contribution in [-0.2, 0) is 0 Å². The van der Waals surface area contributed by atoms with Crippen molar-refractivity contribution in [1.82, 2.24) is 0 Å². The zero-order valence-corrected chi connectivity index (χ0v) is 8.84. The van der Waals surface area contributed by atoms with Gasteiger partial charge in [-0.3, -0.25) is 0 Å². The van der Waals surface area contributed by atoms with Crippen LogP contribution >= 0.6 is 0 Å². The molecule has 2 unspecified atom stereocenters. The average Bonchev–Trinajstić information content (AvgIpc) is 2.98. The van der Waals surface area contributed by atoms with Gasteiger partial charge in [-0.1, -0.05) is 6.92 Å². The summed E-state index contributed by atoms with van der Waals surface area (Å²) < 4.78 is 0. The van der Waals surface area contributed by atoms with Crippen LogP contribution in [0.4, 0.5) is 0 Å². The molecular weight excluding hydrogens is 156 g/mol. The van der Waals surface area contributed by atoms with Crippen LogP contribution in [0, 0.1) is 29.6 Å². The van der Waals surface area contributed by atoms with Crippen molar-refractivity contribution in [2.24, 2.45) is 29.6 Å². The van der Waals surface area contributed by atoms with Crippen molar-refractivity contribution in [1.29, 1.82) is 0 Å². The Balaban J connectivity index is 1.49. The second kappa shape index (κ2) is 3.00. The van der Waals surface area contributed by atoms with Crippen LogP contribution in [0.1, 0.15) is 51.9 Å². The molecule has 3 rings (SSSR count). The van der Waals surface area contributed by atoms with Crippen molar-refractivity contribution < 1.29 is 0 Å². The molecule has 3 aliphatic rings. The van der Waals surface area contributed by atoms with Crippen LogP contribution in [0.2, 0.25) is 0 Å². The number of hydrogen-bond acceptors (Lipinski definition) is 0. The summed E-state index contributed by atoms with van der Waals surface area (Å²) >= 11 is 0. The van der Waals surface area contributed by atoms with Gasteiger partial charge < -0.3 is 0 Å². The van der Waals surface area contributed by atoms with Crippen LogP contribution in [-0.4, -0.2) is 0 Å².